The zero-order valence-corrected chi connectivity index (χ0v) is 23.7. The van der Waals surface area contributed by atoms with Crippen LogP contribution in [0.5, 0.6) is 0 Å². The Morgan fingerprint density at radius 3 is 2.32 bits per heavy atom. The summed E-state index contributed by atoms with van der Waals surface area (Å²) in [4.78, 5) is 1.48. The van der Waals surface area contributed by atoms with Gasteiger partial charge in [0.2, 0.25) is 0 Å². The lowest BCUT2D eigenvalue weighted by Gasteiger charge is -2.61. The average molecular weight is 481 g/mol. The monoisotopic (exact) mass is 480 g/mol. The molecule has 9 atom stereocenters. The van der Waals surface area contributed by atoms with Gasteiger partial charge in [-0.3, -0.25) is 0 Å². The molecule has 1 unspecified atom stereocenters. The maximum atomic E-state index is 2.76. The normalized spacial score (nSPS) is 42.6. The highest BCUT2D eigenvalue weighted by molar-refractivity contribution is 8.00. The molecule has 0 N–H and O–H groups in total. The van der Waals surface area contributed by atoms with E-state index in [0.29, 0.717) is 10.8 Å². The molecule has 0 saturated heterocycles. The van der Waals surface area contributed by atoms with Crippen LogP contribution in [0.15, 0.2) is 35.2 Å². The molecule has 34 heavy (non-hydrogen) atoms. The molecule has 1 aromatic carbocycles. The van der Waals surface area contributed by atoms with E-state index in [1.807, 2.05) is 0 Å². The molecule has 0 spiro atoms. The van der Waals surface area contributed by atoms with Crippen LogP contribution in [0.3, 0.4) is 0 Å². The van der Waals surface area contributed by atoms with Gasteiger partial charge in [0.1, 0.15) is 0 Å². The predicted molar refractivity (Wildman–Crippen MR) is 149 cm³/mol. The Morgan fingerprint density at radius 1 is 0.824 bits per heavy atom. The van der Waals surface area contributed by atoms with Crippen molar-refractivity contribution in [2.75, 3.05) is 0 Å². The highest BCUT2D eigenvalue weighted by atomic mass is 32.2. The summed E-state index contributed by atoms with van der Waals surface area (Å²) in [5.41, 5.74) is 1.26. The van der Waals surface area contributed by atoms with Crippen molar-refractivity contribution in [3.63, 3.8) is 0 Å². The third-order valence-electron chi connectivity index (χ3n) is 11.9. The van der Waals surface area contributed by atoms with Gasteiger partial charge in [-0.25, -0.2) is 0 Å². The number of fused-ring (bicyclic) bond motifs is 5. The molecule has 4 fully saturated rings. The lowest BCUT2D eigenvalue weighted by Crippen LogP contribution is -2.54. The Balaban J connectivity index is 1.24. The Labute approximate surface area is 215 Å². The number of hydrogen-bond acceptors (Lipinski definition) is 1. The molecule has 5 rings (SSSR count). The molecular weight excluding hydrogens is 428 g/mol. The second-order valence-electron chi connectivity index (χ2n) is 14.0. The number of benzene rings is 1. The molecule has 1 aromatic rings. The van der Waals surface area contributed by atoms with Gasteiger partial charge in [0, 0.05) is 10.1 Å². The minimum Gasteiger partial charge on any atom is -0.123 e. The first-order valence-electron chi connectivity index (χ1n) is 15.0. The third-order valence-corrected chi connectivity index (χ3v) is 13.2. The Hall–Kier alpha value is -0.430. The lowest BCUT2D eigenvalue weighted by atomic mass is 9.44. The molecule has 4 saturated carbocycles. The van der Waals surface area contributed by atoms with Gasteiger partial charge >= 0.3 is 0 Å². The van der Waals surface area contributed by atoms with Crippen molar-refractivity contribution < 1.29 is 0 Å². The van der Waals surface area contributed by atoms with E-state index < -0.39 is 0 Å². The SMILES string of the molecule is CC(C)CCC[C@@H](C)[C@H]1CC[C@H]2[C@@H]3CCC4C[C@H](Sc5ccccc5)CC[C@]4(C)[C@H]3CC[C@]12C. The third kappa shape index (κ3) is 4.66. The van der Waals surface area contributed by atoms with Crippen LogP contribution in [0.25, 0.3) is 0 Å². The summed E-state index contributed by atoms with van der Waals surface area (Å²) in [6.45, 7) is 12.9. The summed E-state index contributed by atoms with van der Waals surface area (Å²) in [7, 11) is 0. The molecule has 1 heteroatoms. The van der Waals surface area contributed by atoms with Gasteiger partial charge in [-0.1, -0.05) is 72.1 Å². The van der Waals surface area contributed by atoms with E-state index in [2.05, 4.69) is 76.7 Å². The summed E-state index contributed by atoms with van der Waals surface area (Å²) in [6, 6.07) is 11.2. The molecular formula is C33H52S. The van der Waals surface area contributed by atoms with Crippen LogP contribution in [0.1, 0.15) is 112 Å². The van der Waals surface area contributed by atoms with Gasteiger partial charge in [-0.2, -0.15) is 0 Å². The van der Waals surface area contributed by atoms with E-state index in [1.165, 1.54) is 69.1 Å². The fourth-order valence-corrected chi connectivity index (χ4v) is 11.3. The Kier molecular flexibility index (Phi) is 7.53. The predicted octanol–water partition coefficient (Wildman–Crippen LogP) is 10.3. The number of rotatable bonds is 7. The molecule has 0 heterocycles. The van der Waals surface area contributed by atoms with Gasteiger partial charge < -0.3 is 0 Å². The van der Waals surface area contributed by atoms with Gasteiger partial charge in [0.15, 0.2) is 0 Å². The van der Waals surface area contributed by atoms with Crippen LogP contribution in [0.2, 0.25) is 0 Å². The van der Waals surface area contributed by atoms with Crippen LogP contribution < -0.4 is 0 Å². The zero-order valence-electron chi connectivity index (χ0n) is 22.9. The molecule has 190 valence electrons. The highest BCUT2D eigenvalue weighted by Crippen LogP contribution is 2.68. The van der Waals surface area contributed by atoms with Crippen LogP contribution in [-0.2, 0) is 0 Å². The van der Waals surface area contributed by atoms with E-state index in [1.54, 1.807) is 12.8 Å². The minimum absolute atomic E-state index is 0.624. The quantitative estimate of drug-likeness (QED) is 0.374. The molecule has 0 bridgehead atoms. The van der Waals surface area contributed by atoms with Gasteiger partial charge in [-0.15, -0.1) is 11.8 Å². The largest absolute Gasteiger partial charge is 0.123 e. The first-order chi connectivity index (χ1) is 16.3. The smallest absolute Gasteiger partial charge is 0.00974 e. The van der Waals surface area contributed by atoms with E-state index in [-0.39, 0.29) is 0 Å². The Bertz CT molecular complexity index is 800. The molecule has 4 aliphatic carbocycles. The van der Waals surface area contributed by atoms with Crippen molar-refractivity contribution >= 4 is 11.8 Å². The molecule has 0 aliphatic heterocycles. The summed E-state index contributed by atoms with van der Waals surface area (Å²) in [5.74, 6) is 6.84. The maximum absolute atomic E-state index is 2.76. The molecule has 0 radical (unpaired) electrons. The Morgan fingerprint density at radius 2 is 1.56 bits per heavy atom. The van der Waals surface area contributed by atoms with Crippen molar-refractivity contribution in [3.05, 3.63) is 30.3 Å². The summed E-state index contributed by atoms with van der Waals surface area (Å²) >= 11 is 2.17. The minimum atomic E-state index is 0.624. The average Bonchev–Trinajstić information content (AvgIpc) is 3.17. The van der Waals surface area contributed by atoms with Crippen molar-refractivity contribution in [3.8, 4) is 0 Å². The standard InChI is InChI=1S/C33H52S/c1-23(2)10-9-11-24(3)29-16-17-30-28-15-14-25-22-27(34-26-12-7-6-8-13-26)18-20-32(25,4)31(28)19-21-33(29,30)5/h6-8,12-13,23-25,27-31H,9-11,14-22H2,1-5H3/t24-,25?,27-,28+,29-,30+,31+,32+,33-/m1/s1. The van der Waals surface area contributed by atoms with Crippen LogP contribution >= 0.6 is 11.8 Å². The van der Waals surface area contributed by atoms with Crippen LogP contribution in [0.4, 0.5) is 0 Å². The zero-order chi connectivity index (χ0) is 23.9. The molecule has 0 nitrogen and oxygen atoms in total. The van der Waals surface area contributed by atoms with Crippen molar-refractivity contribution in [2.24, 2.45) is 52.3 Å². The van der Waals surface area contributed by atoms with Gasteiger partial charge in [0.25, 0.3) is 0 Å². The number of hydrogen-bond donors (Lipinski definition) is 0. The molecule has 4 aliphatic rings. The van der Waals surface area contributed by atoms with Crippen molar-refractivity contribution in [1.29, 1.82) is 0 Å². The summed E-state index contributed by atoms with van der Waals surface area (Å²) in [5, 5.41) is 0.841. The molecule has 0 aromatic heterocycles. The van der Waals surface area contributed by atoms with Gasteiger partial charge in [-0.05, 0) is 122 Å². The maximum Gasteiger partial charge on any atom is 0.00974 e. The van der Waals surface area contributed by atoms with Crippen molar-refractivity contribution in [2.45, 2.75) is 122 Å². The van der Waals surface area contributed by atoms with E-state index in [9.17, 15) is 0 Å². The first-order valence-corrected chi connectivity index (χ1v) is 15.9. The summed E-state index contributed by atoms with van der Waals surface area (Å²) < 4.78 is 0. The lowest BCUT2D eigenvalue weighted by molar-refractivity contribution is -0.113. The van der Waals surface area contributed by atoms with Crippen LogP contribution in [0, 0.1) is 52.3 Å². The van der Waals surface area contributed by atoms with Gasteiger partial charge in [0.05, 0.1) is 0 Å². The second-order valence-corrected chi connectivity index (χ2v) is 15.4. The first kappa shape index (κ1) is 25.2. The second kappa shape index (κ2) is 10.1. The molecule has 0 amide bonds. The van der Waals surface area contributed by atoms with Crippen LogP contribution in [-0.4, -0.2) is 5.25 Å². The fourth-order valence-electron chi connectivity index (χ4n) is 10.0. The van der Waals surface area contributed by atoms with Crippen molar-refractivity contribution in [1.82, 2.24) is 0 Å². The highest BCUT2D eigenvalue weighted by Gasteiger charge is 2.60. The fraction of sp³-hybridized carbons (Fsp3) is 0.818. The van der Waals surface area contributed by atoms with E-state index >= 15 is 0 Å². The number of thioether (sulfide) groups is 1. The topological polar surface area (TPSA) is 0 Å². The van der Waals surface area contributed by atoms with E-state index in [0.717, 1.165) is 46.7 Å². The van der Waals surface area contributed by atoms with E-state index in [4.69, 9.17) is 0 Å². The summed E-state index contributed by atoms with van der Waals surface area (Å²) in [6.07, 6.45) is 17.9.